The number of amides is 2. The lowest BCUT2D eigenvalue weighted by molar-refractivity contribution is -0.139. The van der Waals surface area contributed by atoms with Crippen molar-refractivity contribution in [2.75, 3.05) is 33.7 Å². The average molecular weight is 391 g/mol. The van der Waals surface area contributed by atoms with E-state index in [2.05, 4.69) is 34.5 Å². The van der Waals surface area contributed by atoms with E-state index < -0.39 is 5.97 Å². The van der Waals surface area contributed by atoms with E-state index in [1.165, 1.54) is 5.56 Å². The summed E-state index contributed by atoms with van der Waals surface area (Å²) in [6.07, 6.45) is 1.62. The number of hydrogen-bond acceptors (Lipinski definition) is 4. The van der Waals surface area contributed by atoms with Crippen LogP contribution in [0.5, 0.6) is 0 Å². The molecule has 2 amide bonds. The Hall–Kier alpha value is -2.12. The normalized spacial score (nSPS) is 18.8. The van der Waals surface area contributed by atoms with Gasteiger partial charge in [0.2, 0.25) is 0 Å². The third-order valence-corrected chi connectivity index (χ3v) is 5.27. The Morgan fingerprint density at radius 3 is 2.07 bits per heavy atom. The van der Waals surface area contributed by atoms with Gasteiger partial charge in [0, 0.05) is 31.7 Å². The highest BCUT2D eigenvalue weighted by Crippen LogP contribution is 2.25. The molecule has 2 N–H and O–H groups in total. The third kappa shape index (κ3) is 6.49. The second-order valence-corrected chi connectivity index (χ2v) is 7.80. The van der Waals surface area contributed by atoms with Crippen LogP contribution in [0.4, 0.5) is 4.79 Å². The Kier molecular flexibility index (Phi) is 8.26. The number of nitrogens with zero attached hydrogens (tertiary/aromatic N) is 3. The fourth-order valence-corrected chi connectivity index (χ4v) is 3.61. The molecule has 1 aliphatic rings. The molecule has 0 radical (unpaired) electrons. The lowest BCUT2D eigenvalue weighted by Gasteiger charge is -2.42. The van der Waals surface area contributed by atoms with E-state index in [4.69, 9.17) is 5.11 Å². The van der Waals surface area contributed by atoms with Gasteiger partial charge < -0.3 is 20.2 Å². The summed E-state index contributed by atoms with van der Waals surface area (Å²) in [5.74, 6) is -0.803. The second-order valence-electron chi connectivity index (χ2n) is 7.80. The van der Waals surface area contributed by atoms with Crippen molar-refractivity contribution in [3.05, 3.63) is 35.4 Å². The summed E-state index contributed by atoms with van der Waals surface area (Å²) in [7, 11) is 4.09. The largest absolute Gasteiger partial charge is 0.480 e. The van der Waals surface area contributed by atoms with Gasteiger partial charge in [-0.3, -0.25) is 9.69 Å². The van der Waals surface area contributed by atoms with Crippen molar-refractivity contribution in [2.45, 2.75) is 51.9 Å². The number of likely N-dealkylation sites (N-methyl/N-ethyl adjacent to an activating group) is 1. The quantitative estimate of drug-likeness (QED) is 0.641. The van der Waals surface area contributed by atoms with Crippen LogP contribution in [-0.2, 0) is 17.9 Å². The van der Waals surface area contributed by atoms with Gasteiger partial charge in [0.15, 0.2) is 0 Å². The van der Waals surface area contributed by atoms with Crippen molar-refractivity contribution in [1.29, 1.82) is 0 Å². The highest BCUT2D eigenvalue weighted by Gasteiger charge is 2.35. The van der Waals surface area contributed by atoms with Crippen LogP contribution in [0, 0.1) is 0 Å². The van der Waals surface area contributed by atoms with Gasteiger partial charge >= 0.3 is 12.0 Å². The maximum Gasteiger partial charge on any atom is 0.317 e. The predicted molar refractivity (Wildman–Crippen MR) is 110 cm³/mol. The first kappa shape index (κ1) is 22.2. The summed E-state index contributed by atoms with van der Waals surface area (Å²) < 4.78 is 0. The number of carboxylic acids is 1. The molecular weight excluding hydrogens is 356 g/mol. The molecule has 7 nitrogen and oxygen atoms in total. The summed E-state index contributed by atoms with van der Waals surface area (Å²) in [5, 5.41) is 12.1. The Morgan fingerprint density at radius 2 is 1.61 bits per heavy atom. The molecule has 0 atom stereocenters. The molecule has 0 aromatic heterocycles. The molecule has 1 fully saturated rings. The average Bonchev–Trinajstić information content (AvgIpc) is 2.61. The second kappa shape index (κ2) is 10.4. The minimum absolute atomic E-state index is 0.0513. The van der Waals surface area contributed by atoms with Crippen LogP contribution in [0.1, 0.15) is 37.8 Å². The molecule has 0 heterocycles. The van der Waals surface area contributed by atoms with Gasteiger partial charge in [0.1, 0.15) is 0 Å². The standard InChI is InChI=1S/C21H34N4O3/c1-5-24(15-20(26)27)19-11-18(12-19)22-21(28)25(6-2)14-17-9-7-16(8-10-17)13-23(3)4/h7-10,18-19H,5-6,11-15H2,1-4H3,(H,22,28)(H,26,27). The van der Waals surface area contributed by atoms with E-state index in [0.29, 0.717) is 19.6 Å². The number of rotatable bonds is 10. The molecule has 0 bridgehead atoms. The number of carbonyl (C=O) groups excluding carboxylic acids is 1. The van der Waals surface area contributed by atoms with E-state index in [9.17, 15) is 9.59 Å². The highest BCUT2D eigenvalue weighted by molar-refractivity contribution is 5.74. The molecule has 1 aromatic carbocycles. The number of nitrogens with one attached hydrogen (secondary N) is 1. The van der Waals surface area contributed by atoms with E-state index >= 15 is 0 Å². The van der Waals surface area contributed by atoms with E-state index in [0.717, 1.165) is 24.9 Å². The summed E-state index contributed by atoms with van der Waals surface area (Å²) in [5.41, 5.74) is 2.37. The molecule has 0 unspecified atom stereocenters. The molecule has 1 aromatic rings. The monoisotopic (exact) mass is 390 g/mol. The van der Waals surface area contributed by atoms with Gasteiger partial charge in [0.25, 0.3) is 0 Å². The lowest BCUT2D eigenvalue weighted by atomic mass is 9.85. The molecule has 0 aliphatic heterocycles. The van der Waals surface area contributed by atoms with Crippen molar-refractivity contribution in [1.82, 2.24) is 20.0 Å². The molecule has 1 aliphatic carbocycles. The first-order chi connectivity index (χ1) is 13.3. The van der Waals surface area contributed by atoms with Gasteiger partial charge in [-0.05, 0) is 51.5 Å². The predicted octanol–water partition coefficient (Wildman–Crippen LogP) is 2.22. The van der Waals surface area contributed by atoms with Crippen molar-refractivity contribution >= 4 is 12.0 Å². The van der Waals surface area contributed by atoms with Crippen molar-refractivity contribution in [3.8, 4) is 0 Å². The summed E-state index contributed by atoms with van der Waals surface area (Å²) >= 11 is 0. The fraction of sp³-hybridized carbons (Fsp3) is 0.619. The van der Waals surface area contributed by atoms with Crippen LogP contribution in [-0.4, -0.2) is 77.6 Å². The number of urea groups is 1. The Morgan fingerprint density at radius 1 is 1.04 bits per heavy atom. The minimum Gasteiger partial charge on any atom is -0.480 e. The number of carboxylic acid groups (broad SMARTS) is 1. The highest BCUT2D eigenvalue weighted by atomic mass is 16.4. The zero-order chi connectivity index (χ0) is 20.7. The Labute approximate surface area is 168 Å². The van der Waals surface area contributed by atoms with Crippen molar-refractivity contribution < 1.29 is 14.7 Å². The first-order valence-electron chi connectivity index (χ1n) is 10.1. The van der Waals surface area contributed by atoms with Gasteiger partial charge in [-0.15, -0.1) is 0 Å². The summed E-state index contributed by atoms with van der Waals surface area (Å²) in [6, 6.07) is 8.70. The smallest absolute Gasteiger partial charge is 0.317 e. The van der Waals surface area contributed by atoms with Crippen LogP contribution in [0.3, 0.4) is 0 Å². The van der Waals surface area contributed by atoms with Gasteiger partial charge in [-0.25, -0.2) is 4.79 Å². The van der Waals surface area contributed by atoms with E-state index in [1.807, 2.05) is 37.7 Å². The van der Waals surface area contributed by atoms with Crippen LogP contribution < -0.4 is 5.32 Å². The van der Waals surface area contributed by atoms with Gasteiger partial charge in [-0.2, -0.15) is 0 Å². The molecular formula is C21H34N4O3. The number of aliphatic carboxylic acids is 1. The Balaban J connectivity index is 1.81. The zero-order valence-electron chi connectivity index (χ0n) is 17.5. The zero-order valence-corrected chi connectivity index (χ0v) is 17.5. The maximum atomic E-state index is 12.6. The van der Waals surface area contributed by atoms with E-state index in [-0.39, 0.29) is 24.7 Å². The number of carbonyl (C=O) groups is 2. The maximum absolute atomic E-state index is 12.6. The van der Waals surface area contributed by atoms with Gasteiger partial charge in [-0.1, -0.05) is 31.2 Å². The fourth-order valence-electron chi connectivity index (χ4n) is 3.61. The first-order valence-corrected chi connectivity index (χ1v) is 10.1. The summed E-state index contributed by atoms with van der Waals surface area (Å²) in [4.78, 5) is 29.4. The SMILES string of the molecule is CCN(Cc1ccc(CN(C)C)cc1)C(=O)NC1CC(N(CC)CC(=O)O)C1. The lowest BCUT2D eigenvalue weighted by Crippen LogP contribution is -2.56. The van der Waals surface area contributed by atoms with Gasteiger partial charge in [0.05, 0.1) is 6.54 Å². The van der Waals surface area contributed by atoms with E-state index in [1.54, 1.807) is 0 Å². The topological polar surface area (TPSA) is 76.1 Å². The molecule has 0 spiro atoms. The third-order valence-electron chi connectivity index (χ3n) is 5.27. The van der Waals surface area contributed by atoms with Crippen LogP contribution in [0.25, 0.3) is 0 Å². The van der Waals surface area contributed by atoms with Crippen molar-refractivity contribution in [3.63, 3.8) is 0 Å². The molecule has 28 heavy (non-hydrogen) atoms. The minimum atomic E-state index is -0.803. The molecule has 156 valence electrons. The van der Waals surface area contributed by atoms with Crippen LogP contribution >= 0.6 is 0 Å². The number of hydrogen-bond donors (Lipinski definition) is 2. The molecule has 1 saturated carbocycles. The van der Waals surface area contributed by atoms with Crippen LogP contribution in [0.15, 0.2) is 24.3 Å². The van der Waals surface area contributed by atoms with Crippen LogP contribution in [0.2, 0.25) is 0 Å². The molecule has 2 rings (SSSR count). The Bertz CT molecular complexity index is 642. The molecule has 7 heteroatoms. The van der Waals surface area contributed by atoms with Crippen molar-refractivity contribution in [2.24, 2.45) is 0 Å². The molecule has 0 saturated heterocycles. The number of benzene rings is 1. The summed E-state index contributed by atoms with van der Waals surface area (Å²) in [6.45, 7) is 6.85.